The molecule has 0 N–H and O–H groups in total. The van der Waals surface area contributed by atoms with E-state index in [1.807, 2.05) is 24.4 Å². The van der Waals surface area contributed by atoms with Gasteiger partial charge in [-0.3, -0.25) is 14.8 Å². The highest BCUT2D eigenvalue weighted by Crippen LogP contribution is 2.38. The summed E-state index contributed by atoms with van der Waals surface area (Å²) in [6.45, 7) is 7.17. The molecule has 2 aromatic rings. The van der Waals surface area contributed by atoms with Crippen LogP contribution in [0.2, 0.25) is 0 Å². The van der Waals surface area contributed by atoms with Gasteiger partial charge in [0.2, 0.25) is 5.75 Å². The highest BCUT2D eigenvalue weighted by Gasteiger charge is 2.17. The molecule has 0 atom stereocenters. The van der Waals surface area contributed by atoms with Crippen LogP contribution in [0.5, 0.6) is 17.2 Å². The van der Waals surface area contributed by atoms with Crippen LogP contribution < -0.4 is 14.2 Å². The fraction of sp³-hybridized carbons (Fsp3) is 0.500. The van der Waals surface area contributed by atoms with E-state index >= 15 is 0 Å². The van der Waals surface area contributed by atoms with Crippen LogP contribution in [0.1, 0.15) is 11.1 Å². The molecule has 158 valence electrons. The molecule has 0 unspecified atom stereocenters. The summed E-state index contributed by atoms with van der Waals surface area (Å²) < 4.78 is 22.0. The number of rotatable bonds is 10. The number of nitrogens with zero attached hydrogens (tertiary/aromatic N) is 3. The average Bonchev–Trinajstić information content (AvgIpc) is 2.78. The number of hydrogen-bond donors (Lipinski definition) is 0. The molecule has 0 spiro atoms. The molecule has 0 saturated carbocycles. The van der Waals surface area contributed by atoms with Crippen molar-refractivity contribution in [2.45, 2.75) is 13.1 Å². The van der Waals surface area contributed by atoms with Crippen LogP contribution in [0, 0.1) is 0 Å². The van der Waals surface area contributed by atoms with Crippen molar-refractivity contribution in [2.75, 3.05) is 60.7 Å². The molecular weight excluding hydrogens is 370 g/mol. The van der Waals surface area contributed by atoms with Crippen molar-refractivity contribution in [3.63, 3.8) is 0 Å². The van der Waals surface area contributed by atoms with E-state index in [1.54, 1.807) is 27.5 Å². The maximum absolute atomic E-state index is 5.52. The van der Waals surface area contributed by atoms with Gasteiger partial charge in [-0.05, 0) is 29.3 Å². The van der Waals surface area contributed by atoms with E-state index in [2.05, 4.69) is 20.9 Å². The topological polar surface area (TPSA) is 56.3 Å². The van der Waals surface area contributed by atoms with E-state index < -0.39 is 0 Å². The summed E-state index contributed by atoms with van der Waals surface area (Å²) in [6.07, 6.45) is 3.73. The van der Waals surface area contributed by atoms with E-state index in [1.165, 1.54) is 5.56 Å². The third-order valence-electron chi connectivity index (χ3n) is 5.10. The molecule has 1 aliphatic rings. The Morgan fingerprint density at radius 2 is 1.69 bits per heavy atom. The van der Waals surface area contributed by atoms with E-state index in [-0.39, 0.29) is 0 Å². The Bertz CT molecular complexity index is 726. The Balaban J connectivity index is 1.75. The first-order chi connectivity index (χ1) is 14.2. The second-order valence-electron chi connectivity index (χ2n) is 7.06. The van der Waals surface area contributed by atoms with Gasteiger partial charge in [0.15, 0.2) is 11.5 Å². The van der Waals surface area contributed by atoms with E-state index in [0.29, 0.717) is 17.2 Å². The van der Waals surface area contributed by atoms with Gasteiger partial charge in [-0.2, -0.15) is 0 Å². The van der Waals surface area contributed by atoms with Crippen LogP contribution in [0.25, 0.3) is 0 Å². The molecule has 0 aliphatic carbocycles. The van der Waals surface area contributed by atoms with Crippen molar-refractivity contribution in [1.82, 2.24) is 14.8 Å². The lowest BCUT2D eigenvalue weighted by Gasteiger charge is -2.30. The zero-order valence-electron chi connectivity index (χ0n) is 17.6. The molecule has 0 radical (unpaired) electrons. The molecule has 0 bridgehead atoms. The Morgan fingerprint density at radius 3 is 2.28 bits per heavy atom. The predicted molar refractivity (Wildman–Crippen MR) is 112 cm³/mol. The van der Waals surface area contributed by atoms with Gasteiger partial charge in [0.1, 0.15) is 0 Å². The van der Waals surface area contributed by atoms with E-state index in [0.717, 1.165) is 58.0 Å². The quantitative estimate of drug-likeness (QED) is 0.606. The van der Waals surface area contributed by atoms with Gasteiger partial charge in [0.05, 0.1) is 34.5 Å². The van der Waals surface area contributed by atoms with Gasteiger partial charge < -0.3 is 18.9 Å². The zero-order chi connectivity index (χ0) is 20.5. The van der Waals surface area contributed by atoms with Gasteiger partial charge in [-0.25, -0.2) is 0 Å². The summed E-state index contributed by atoms with van der Waals surface area (Å²) in [4.78, 5) is 9.14. The number of benzene rings is 1. The number of ether oxygens (including phenoxy) is 4. The molecule has 1 aliphatic heterocycles. The van der Waals surface area contributed by atoms with Crippen LogP contribution in [-0.4, -0.2) is 75.5 Å². The number of pyridine rings is 1. The SMILES string of the molecule is COc1cc(CN(CCN2CCOCC2)Cc2cccnc2)cc(OC)c1OC. The lowest BCUT2D eigenvalue weighted by molar-refractivity contribution is 0.0325. The average molecular weight is 402 g/mol. The third-order valence-corrected chi connectivity index (χ3v) is 5.10. The van der Waals surface area contributed by atoms with Crippen molar-refractivity contribution >= 4 is 0 Å². The van der Waals surface area contributed by atoms with Gasteiger partial charge in [-0.1, -0.05) is 6.07 Å². The summed E-state index contributed by atoms with van der Waals surface area (Å²) in [5.41, 5.74) is 2.31. The molecule has 1 aromatic heterocycles. The molecule has 1 aromatic carbocycles. The van der Waals surface area contributed by atoms with Crippen molar-refractivity contribution in [1.29, 1.82) is 0 Å². The van der Waals surface area contributed by atoms with E-state index in [4.69, 9.17) is 18.9 Å². The summed E-state index contributed by atoms with van der Waals surface area (Å²) in [6, 6.07) is 8.14. The lowest BCUT2D eigenvalue weighted by atomic mass is 10.1. The first-order valence-electron chi connectivity index (χ1n) is 9.93. The minimum Gasteiger partial charge on any atom is -0.493 e. The molecule has 29 heavy (non-hydrogen) atoms. The van der Waals surface area contributed by atoms with Gasteiger partial charge in [-0.15, -0.1) is 0 Å². The largest absolute Gasteiger partial charge is 0.493 e. The minimum absolute atomic E-state index is 0.617. The fourth-order valence-corrected chi connectivity index (χ4v) is 3.56. The fourth-order valence-electron chi connectivity index (χ4n) is 3.56. The molecule has 1 saturated heterocycles. The van der Waals surface area contributed by atoms with Gasteiger partial charge in [0, 0.05) is 51.7 Å². The molecule has 7 nitrogen and oxygen atoms in total. The lowest BCUT2D eigenvalue weighted by Crippen LogP contribution is -2.41. The Morgan fingerprint density at radius 1 is 1.00 bits per heavy atom. The Kier molecular flexibility index (Phi) is 8.10. The molecule has 2 heterocycles. The van der Waals surface area contributed by atoms with Gasteiger partial charge >= 0.3 is 0 Å². The molecule has 1 fully saturated rings. The molecule has 7 heteroatoms. The van der Waals surface area contributed by atoms with Crippen LogP contribution in [0.15, 0.2) is 36.7 Å². The normalized spacial score (nSPS) is 14.8. The number of aromatic nitrogens is 1. The van der Waals surface area contributed by atoms with Crippen molar-refractivity contribution < 1.29 is 18.9 Å². The minimum atomic E-state index is 0.617. The highest BCUT2D eigenvalue weighted by atomic mass is 16.5. The van der Waals surface area contributed by atoms with Crippen molar-refractivity contribution in [3.05, 3.63) is 47.8 Å². The molecule has 0 amide bonds. The summed E-state index contributed by atoms with van der Waals surface area (Å²) in [5, 5.41) is 0. The van der Waals surface area contributed by atoms with Crippen LogP contribution in [0.4, 0.5) is 0 Å². The van der Waals surface area contributed by atoms with Gasteiger partial charge in [0.25, 0.3) is 0 Å². The van der Waals surface area contributed by atoms with Crippen LogP contribution >= 0.6 is 0 Å². The van der Waals surface area contributed by atoms with Crippen LogP contribution in [0.3, 0.4) is 0 Å². The predicted octanol–water partition coefficient (Wildman–Crippen LogP) is 2.44. The first kappa shape index (κ1) is 21.4. The summed E-state index contributed by atoms with van der Waals surface area (Å²) in [5.74, 6) is 1.97. The Labute approximate surface area is 173 Å². The molecule has 3 rings (SSSR count). The zero-order valence-corrected chi connectivity index (χ0v) is 17.6. The second-order valence-corrected chi connectivity index (χ2v) is 7.06. The second kappa shape index (κ2) is 11.0. The first-order valence-corrected chi connectivity index (χ1v) is 9.93. The molecular formula is C22H31N3O4. The number of methoxy groups -OCH3 is 3. The van der Waals surface area contributed by atoms with Crippen LogP contribution in [-0.2, 0) is 17.8 Å². The Hall–Kier alpha value is -2.35. The highest BCUT2D eigenvalue weighted by molar-refractivity contribution is 5.53. The standard InChI is InChI=1S/C22H31N3O4/c1-26-20-13-19(14-21(27-2)22(20)28-3)17-25(16-18-5-4-6-23-15-18)8-7-24-9-11-29-12-10-24/h4-6,13-15H,7-12,16-17H2,1-3H3. The number of morpholine rings is 1. The third kappa shape index (κ3) is 6.06. The monoisotopic (exact) mass is 401 g/mol. The van der Waals surface area contributed by atoms with Crippen molar-refractivity contribution in [2.24, 2.45) is 0 Å². The summed E-state index contributed by atoms with van der Waals surface area (Å²) in [7, 11) is 4.91. The summed E-state index contributed by atoms with van der Waals surface area (Å²) >= 11 is 0. The maximum Gasteiger partial charge on any atom is 0.203 e. The smallest absolute Gasteiger partial charge is 0.203 e. The van der Waals surface area contributed by atoms with Crippen molar-refractivity contribution in [3.8, 4) is 17.2 Å². The number of hydrogen-bond acceptors (Lipinski definition) is 7. The van der Waals surface area contributed by atoms with E-state index in [9.17, 15) is 0 Å². The maximum atomic E-state index is 5.52.